The molecule has 1 heterocycles. The summed E-state index contributed by atoms with van der Waals surface area (Å²) < 4.78 is 42.3. The summed E-state index contributed by atoms with van der Waals surface area (Å²) in [5.74, 6) is 0.152. The summed E-state index contributed by atoms with van der Waals surface area (Å²) in [6, 6.07) is 6.94. The molecule has 1 atom stereocenters. The summed E-state index contributed by atoms with van der Waals surface area (Å²) in [6.45, 7) is 1.46. The summed E-state index contributed by atoms with van der Waals surface area (Å²) in [4.78, 5) is 13.7. The lowest BCUT2D eigenvalue weighted by Crippen LogP contribution is -2.48. The van der Waals surface area contributed by atoms with Crippen LogP contribution in [0, 0.1) is 0 Å². The number of rotatable bonds is 4. The predicted octanol–water partition coefficient (Wildman–Crippen LogP) is 2.93. The Morgan fingerprint density at radius 3 is 2.74 bits per heavy atom. The Kier molecular flexibility index (Phi) is 7.15. The van der Waals surface area contributed by atoms with E-state index in [1.807, 2.05) is 18.2 Å². The third kappa shape index (κ3) is 5.28. The number of methoxy groups -OCH3 is 1. The zero-order valence-corrected chi connectivity index (χ0v) is 13.5. The van der Waals surface area contributed by atoms with Crippen LogP contribution in [0.5, 0.6) is 5.75 Å². The number of nitrogens with zero attached hydrogens (tertiary/aromatic N) is 1. The second kappa shape index (κ2) is 8.40. The first kappa shape index (κ1) is 19.6. The first-order valence-electron chi connectivity index (χ1n) is 7.12. The first-order chi connectivity index (χ1) is 10.4. The van der Waals surface area contributed by atoms with Gasteiger partial charge in [0, 0.05) is 31.6 Å². The van der Waals surface area contributed by atoms with Crippen LogP contribution < -0.4 is 10.1 Å². The molecule has 1 aromatic carbocycles. The number of piperazine rings is 1. The molecule has 0 aliphatic carbocycles. The van der Waals surface area contributed by atoms with Crippen molar-refractivity contribution in [3.8, 4) is 5.75 Å². The minimum absolute atomic E-state index is 0. The van der Waals surface area contributed by atoms with Crippen molar-refractivity contribution in [2.24, 2.45) is 0 Å². The maximum absolute atomic E-state index is 12.3. The Bertz CT molecular complexity index is 526. The van der Waals surface area contributed by atoms with E-state index in [2.05, 4.69) is 5.32 Å². The molecule has 1 aromatic rings. The van der Waals surface area contributed by atoms with Gasteiger partial charge < -0.3 is 15.0 Å². The molecule has 0 saturated carbocycles. The van der Waals surface area contributed by atoms with Crippen molar-refractivity contribution in [3.05, 3.63) is 29.8 Å². The van der Waals surface area contributed by atoms with E-state index in [0.717, 1.165) is 5.56 Å². The van der Waals surface area contributed by atoms with Gasteiger partial charge in [0.15, 0.2) is 0 Å². The first-order valence-corrected chi connectivity index (χ1v) is 7.12. The van der Waals surface area contributed by atoms with E-state index in [1.165, 1.54) is 12.0 Å². The largest absolute Gasteiger partial charge is 0.496 e. The Labute approximate surface area is 139 Å². The van der Waals surface area contributed by atoms with Gasteiger partial charge in [0.1, 0.15) is 5.75 Å². The van der Waals surface area contributed by atoms with Crippen LogP contribution in [0.3, 0.4) is 0 Å². The molecule has 0 radical (unpaired) electrons. The van der Waals surface area contributed by atoms with Crippen LogP contribution in [0.15, 0.2) is 24.3 Å². The van der Waals surface area contributed by atoms with Gasteiger partial charge in [-0.3, -0.25) is 4.79 Å². The van der Waals surface area contributed by atoms with Crippen LogP contribution in [-0.2, 0) is 4.79 Å². The Morgan fingerprint density at radius 2 is 2.09 bits per heavy atom. The van der Waals surface area contributed by atoms with E-state index in [1.54, 1.807) is 6.07 Å². The van der Waals surface area contributed by atoms with Gasteiger partial charge in [0.05, 0.1) is 19.6 Å². The number of hydrogen-bond donors (Lipinski definition) is 1. The van der Waals surface area contributed by atoms with Crippen molar-refractivity contribution in [2.75, 3.05) is 26.7 Å². The second-order valence-corrected chi connectivity index (χ2v) is 5.16. The summed E-state index contributed by atoms with van der Waals surface area (Å²) in [6.07, 6.45) is -5.92. The molecule has 130 valence electrons. The lowest BCUT2D eigenvalue weighted by molar-refractivity contribution is -0.151. The zero-order chi connectivity index (χ0) is 16.2. The normalized spacial score (nSPS) is 18.3. The monoisotopic (exact) mass is 352 g/mol. The standard InChI is InChI=1S/C15H19F3N2O2.ClH/c1-22-13-5-3-2-4-11(13)12-10-19-8-9-20(12)14(21)6-7-15(16,17)18;/h2-5,12,19H,6-10H2,1H3;1H. The molecule has 0 spiro atoms. The van der Waals surface area contributed by atoms with Crippen LogP contribution in [0.4, 0.5) is 13.2 Å². The van der Waals surface area contributed by atoms with Crippen molar-refractivity contribution >= 4 is 18.3 Å². The number of carbonyl (C=O) groups excluding carboxylic acids is 1. The Hall–Kier alpha value is -1.47. The van der Waals surface area contributed by atoms with E-state index >= 15 is 0 Å². The molecule has 1 amide bonds. The third-order valence-corrected chi connectivity index (χ3v) is 3.68. The van der Waals surface area contributed by atoms with Crippen LogP contribution in [0.25, 0.3) is 0 Å². The molecule has 0 bridgehead atoms. The van der Waals surface area contributed by atoms with Crippen LogP contribution in [0.1, 0.15) is 24.4 Å². The fourth-order valence-corrected chi connectivity index (χ4v) is 2.61. The second-order valence-electron chi connectivity index (χ2n) is 5.16. The molecule has 1 N–H and O–H groups in total. The number of alkyl halides is 3. The molecule has 0 aromatic heterocycles. The van der Waals surface area contributed by atoms with Crippen LogP contribution >= 0.6 is 12.4 Å². The quantitative estimate of drug-likeness (QED) is 0.906. The van der Waals surface area contributed by atoms with Crippen molar-refractivity contribution in [1.82, 2.24) is 10.2 Å². The molecule has 8 heteroatoms. The highest BCUT2D eigenvalue weighted by Crippen LogP contribution is 2.31. The van der Waals surface area contributed by atoms with Gasteiger partial charge in [-0.05, 0) is 6.07 Å². The highest BCUT2D eigenvalue weighted by atomic mass is 35.5. The maximum atomic E-state index is 12.3. The summed E-state index contributed by atoms with van der Waals surface area (Å²) >= 11 is 0. The molecule has 1 aliphatic rings. The van der Waals surface area contributed by atoms with E-state index in [0.29, 0.717) is 25.4 Å². The molecule has 23 heavy (non-hydrogen) atoms. The molecule has 4 nitrogen and oxygen atoms in total. The van der Waals surface area contributed by atoms with E-state index in [-0.39, 0.29) is 18.4 Å². The lowest BCUT2D eigenvalue weighted by atomic mass is 10.0. The SMILES string of the molecule is COc1ccccc1C1CNCCN1C(=O)CCC(F)(F)F.Cl. The predicted molar refractivity (Wildman–Crippen MR) is 82.9 cm³/mol. The lowest BCUT2D eigenvalue weighted by Gasteiger charge is -2.37. The van der Waals surface area contributed by atoms with Crippen molar-refractivity contribution < 1.29 is 22.7 Å². The number of benzene rings is 1. The molecule has 2 rings (SSSR count). The average Bonchev–Trinajstić information content (AvgIpc) is 2.52. The van der Waals surface area contributed by atoms with Gasteiger partial charge in [-0.15, -0.1) is 12.4 Å². The van der Waals surface area contributed by atoms with E-state index < -0.39 is 24.9 Å². The minimum Gasteiger partial charge on any atom is -0.496 e. The Balaban J connectivity index is 0.00000264. The molecular weight excluding hydrogens is 333 g/mol. The molecule has 1 aliphatic heterocycles. The third-order valence-electron chi connectivity index (χ3n) is 3.68. The molecular formula is C15H20ClF3N2O2. The minimum atomic E-state index is -4.32. The molecule has 1 saturated heterocycles. The number of nitrogens with one attached hydrogen (secondary N) is 1. The number of amides is 1. The molecule has 1 unspecified atom stereocenters. The summed E-state index contributed by atoms with van der Waals surface area (Å²) in [5, 5.41) is 3.17. The number of para-hydroxylation sites is 1. The van der Waals surface area contributed by atoms with E-state index in [9.17, 15) is 18.0 Å². The highest BCUT2D eigenvalue weighted by molar-refractivity contribution is 5.85. The smallest absolute Gasteiger partial charge is 0.389 e. The van der Waals surface area contributed by atoms with Crippen molar-refractivity contribution in [3.63, 3.8) is 0 Å². The fourth-order valence-electron chi connectivity index (χ4n) is 2.61. The van der Waals surface area contributed by atoms with Crippen molar-refractivity contribution in [1.29, 1.82) is 0 Å². The van der Waals surface area contributed by atoms with Gasteiger partial charge in [-0.2, -0.15) is 13.2 Å². The van der Waals surface area contributed by atoms with Crippen LogP contribution in [-0.4, -0.2) is 43.7 Å². The van der Waals surface area contributed by atoms with Gasteiger partial charge >= 0.3 is 6.18 Å². The Morgan fingerprint density at radius 1 is 1.39 bits per heavy atom. The van der Waals surface area contributed by atoms with Gasteiger partial charge in [-0.1, -0.05) is 18.2 Å². The average molecular weight is 353 g/mol. The highest BCUT2D eigenvalue weighted by Gasteiger charge is 2.33. The zero-order valence-electron chi connectivity index (χ0n) is 12.7. The molecule has 1 fully saturated rings. The maximum Gasteiger partial charge on any atom is 0.389 e. The summed E-state index contributed by atoms with van der Waals surface area (Å²) in [7, 11) is 1.53. The van der Waals surface area contributed by atoms with E-state index in [4.69, 9.17) is 4.74 Å². The van der Waals surface area contributed by atoms with Gasteiger partial charge in [0.25, 0.3) is 0 Å². The van der Waals surface area contributed by atoms with Crippen LogP contribution in [0.2, 0.25) is 0 Å². The fraction of sp³-hybridized carbons (Fsp3) is 0.533. The van der Waals surface area contributed by atoms with Gasteiger partial charge in [0.2, 0.25) is 5.91 Å². The summed E-state index contributed by atoms with van der Waals surface area (Å²) in [5.41, 5.74) is 0.803. The topological polar surface area (TPSA) is 41.6 Å². The number of ether oxygens (including phenoxy) is 1. The van der Waals surface area contributed by atoms with Crippen molar-refractivity contribution in [2.45, 2.75) is 25.1 Å². The number of hydrogen-bond acceptors (Lipinski definition) is 3. The van der Waals surface area contributed by atoms with Gasteiger partial charge in [-0.25, -0.2) is 0 Å². The number of halogens is 4. The number of carbonyl (C=O) groups is 1.